The van der Waals surface area contributed by atoms with Crippen LogP contribution in [0.3, 0.4) is 0 Å². The minimum atomic E-state index is -2.41. The van der Waals surface area contributed by atoms with Crippen molar-refractivity contribution < 1.29 is 77.1 Å². The van der Waals surface area contributed by atoms with Crippen LogP contribution in [-0.2, 0) is 61.8 Å². The summed E-state index contributed by atoms with van der Waals surface area (Å²) < 4.78 is 54.5. The number of esters is 4. The predicted molar refractivity (Wildman–Crippen MR) is 164 cm³/mol. The van der Waals surface area contributed by atoms with Crippen LogP contribution >= 0.6 is 0 Å². The van der Waals surface area contributed by atoms with E-state index in [-0.39, 0.29) is 25.0 Å². The van der Waals surface area contributed by atoms with Crippen molar-refractivity contribution in [3.8, 4) is 0 Å². The fourth-order valence-corrected chi connectivity index (χ4v) is 12.2. The summed E-state index contributed by atoms with van der Waals surface area (Å²) in [5.41, 5.74) is -11.0. The minimum Gasteiger partial charge on any atom is -0.469 e. The first kappa shape index (κ1) is 34.9. The lowest BCUT2D eigenvalue weighted by molar-refractivity contribution is -0.410. The Morgan fingerprint density at radius 2 is 1.67 bits per heavy atom. The van der Waals surface area contributed by atoms with Gasteiger partial charge in [0.05, 0.1) is 57.4 Å². The highest BCUT2D eigenvalue weighted by Gasteiger charge is 2.96. The molecule has 3 saturated carbocycles. The molecule has 8 rings (SSSR count). The fraction of sp³-hybridized carbons (Fsp3) is 0.771. The molecule has 5 aliphatic heterocycles. The highest BCUT2D eigenvalue weighted by Crippen LogP contribution is 2.81. The number of aliphatic hydroxyl groups excluding tert-OH is 1. The summed E-state index contributed by atoms with van der Waals surface area (Å²) in [5.74, 6) is -9.30. The Kier molecular flexibility index (Phi) is 7.20. The van der Waals surface area contributed by atoms with Gasteiger partial charge in [-0.15, -0.1) is 0 Å². The zero-order chi connectivity index (χ0) is 36.9. The maximum atomic E-state index is 14.4. The molecule has 3 N–H and O–H groups in total. The molecule has 4 bridgehead atoms. The van der Waals surface area contributed by atoms with Gasteiger partial charge >= 0.3 is 23.9 Å². The van der Waals surface area contributed by atoms with Gasteiger partial charge in [0, 0.05) is 42.1 Å². The Balaban J connectivity index is 1.42. The lowest BCUT2D eigenvalue weighted by Gasteiger charge is -2.71. The molecule has 7 fully saturated rings. The second-order valence-electron chi connectivity index (χ2n) is 15.8. The number of rotatable bonds is 5. The van der Waals surface area contributed by atoms with Crippen LogP contribution in [0.5, 0.6) is 0 Å². The van der Waals surface area contributed by atoms with Crippen LogP contribution < -0.4 is 0 Å². The molecular weight excluding hydrogens is 676 g/mol. The average molecular weight is 721 g/mol. The van der Waals surface area contributed by atoms with Gasteiger partial charge in [0.25, 0.3) is 5.79 Å². The number of hydrogen-bond donors (Lipinski definition) is 3. The van der Waals surface area contributed by atoms with E-state index < -0.39 is 124 Å². The molecule has 16 nitrogen and oxygen atoms in total. The van der Waals surface area contributed by atoms with Gasteiger partial charge in [-0.2, -0.15) is 0 Å². The second-order valence-corrected chi connectivity index (χ2v) is 15.8. The van der Waals surface area contributed by atoms with Gasteiger partial charge in [0.1, 0.15) is 28.8 Å². The highest BCUT2D eigenvalue weighted by atomic mass is 16.8. The van der Waals surface area contributed by atoms with E-state index >= 15 is 0 Å². The predicted octanol–water partition coefficient (Wildman–Crippen LogP) is -0.203. The van der Waals surface area contributed by atoms with Crippen molar-refractivity contribution >= 4 is 23.9 Å². The van der Waals surface area contributed by atoms with E-state index in [9.17, 15) is 34.5 Å². The lowest BCUT2D eigenvalue weighted by Crippen LogP contribution is -2.86. The molecule has 5 heterocycles. The van der Waals surface area contributed by atoms with E-state index in [0.29, 0.717) is 0 Å². The van der Waals surface area contributed by atoms with Crippen LogP contribution in [0.15, 0.2) is 24.0 Å². The maximum absolute atomic E-state index is 14.4. The molecule has 4 saturated heterocycles. The van der Waals surface area contributed by atoms with Crippen molar-refractivity contribution in [1.29, 1.82) is 0 Å². The van der Waals surface area contributed by atoms with Crippen molar-refractivity contribution in [1.82, 2.24) is 0 Å². The Morgan fingerprint density at radius 3 is 2.31 bits per heavy atom. The number of aliphatic hydroxyl groups is 3. The minimum absolute atomic E-state index is 0.0251. The summed E-state index contributed by atoms with van der Waals surface area (Å²) >= 11 is 0. The first-order valence-electron chi connectivity index (χ1n) is 17.2. The van der Waals surface area contributed by atoms with Crippen molar-refractivity contribution in [2.45, 2.75) is 107 Å². The molecule has 0 amide bonds. The van der Waals surface area contributed by atoms with Crippen LogP contribution in [0, 0.1) is 34.0 Å². The Hall–Kier alpha value is -3.12. The molecule has 3 aliphatic carbocycles. The molecular formula is C35H44O16. The van der Waals surface area contributed by atoms with Gasteiger partial charge in [0.15, 0.2) is 5.60 Å². The molecule has 8 aliphatic rings. The Bertz CT molecular complexity index is 1660. The van der Waals surface area contributed by atoms with Gasteiger partial charge in [-0.05, 0) is 33.3 Å². The number of carbonyl (C=O) groups excluding carboxylic acids is 4. The van der Waals surface area contributed by atoms with Gasteiger partial charge in [-0.1, -0.05) is 13.0 Å². The first-order chi connectivity index (χ1) is 23.9. The molecule has 16 heteroatoms. The quantitative estimate of drug-likeness (QED) is 0.191. The van der Waals surface area contributed by atoms with Gasteiger partial charge in [-0.25, -0.2) is 9.59 Å². The summed E-state index contributed by atoms with van der Waals surface area (Å²) in [7, 11) is 2.30. The highest BCUT2D eigenvalue weighted by molar-refractivity contribution is 5.88. The average Bonchev–Trinajstić information content (AvgIpc) is 3.83. The fourth-order valence-electron chi connectivity index (χ4n) is 12.2. The summed E-state index contributed by atoms with van der Waals surface area (Å²) in [6.07, 6.45) is -3.94. The zero-order valence-electron chi connectivity index (χ0n) is 29.4. The number of ether oxygens (including phenoxy) is 9. The summed E-state index contributed by atoms with van der Waals surface area (Å²) in [4.78, 5) is 54.8. The van der Waals surface area contributed by atoms with Gasteiger partial charge < -0.3 is 58.0 Å². The molecule has 0 spiro atoms. The lowest BCUT2D eigenvalue weighted by atomic mass is 9.35. The van der Waals surface area contributed by atoms with E-state index in [2.05, 4.69) is 0 Å². The molecule has 0 aromatic heterocycles. The number of hydrogen-bond acceptors (Lipinski definition) is 16. The summed E-state index contributed by atoms with van der Waals surface area (Å²) in [6, 6.07) is 0. The van der Waals surface area contributed by atoms with Gasteiger partial charge in [-0.3, -0.25) is 9.59 Å². The normalized spacial score (nSPS) is 53.9. The first-order valence-corrected chi connectivity index (χ1v) is 17.2. The standard InChI is InChI=1S/C35H44O16/c1-8-15(2)24(38)49-18-12-19(48-16(3)36)31(26(39)43-6)13-46-21-22(31)29(18,4)25-32(23(21)37)14-47-34(25,27(40)44-7)51-30(5)17-11-20(35(30,32)42)50-28-33(17,41)9-10-45-28/h8-10,17-23,25,28,37,41-42H,11-14H2,1-7H3/t17?,18?,19?,20?,21?,22?,23?,25?,28?,29-,30-,31-,32+,33-,34+,35-/m0/s1. The molecule has 9 unspecified atom stereocenters. The zero-order valence-corrected chi connectivity index (χ0v) is 29.4. The molecule has 280 valence electrons. The molecule has 0 radical (unpaired) electrons. The van der Waals surface area contributed by atoms with Crippen molar-refractivity contribution in [3.05, 3.63) is 24.0 Å². The van der Waals surface area contributed by atoms with E-state index in [1.54, 1.807) is 26.8 Å². The van der Waals surface area contributed by atoms with Crippen LogP contribution in [0.25, 0.3) is 0 Å². The Labute approximate surface area is 293 Å². The van der Waals surface area contributed by atoms with Crippen molar-refractivity contribution in [2.24, 2.45) is 34.0 Å². The van der Waals surface area contributed by atoms with Gasteiger partial charge in [0.2, 0.25) is 6.29 Å². The monoisotopic (exact) mass is 720 g/mol. The van der Waals surface area contributed by atoms with E-state index in [0.717, 1.165) is 7.11 Å². The van der Waals surface area contributed by atoms with Crippen molar-refractivity contribution in [2.75, 3.05) is 27.4 Å². The van der Waals surface area contributed by atoms with Crippen LogP contribution in [0.1, 0.15) is 47.5 Å². The number of carbonyl (C=O) groups is 4. The Morgan fingerprint density at radius 1 is 0.961 bits per heavy atom. The van der Waals surface area contributed by atoms with Crippen LogP contribution in [0.2, 0.25) is 0 Å². The molecule has 0 aromatic carbocycles. The van der Waals surface area contributed by atoms with Crippen molar-refractivity contribution in [3.63, 3.8) is 0 Å². The maximum Gasteiger partial charge on any atom is 0.366 e. The van der Waals surface area contributed by atoms with E-state index in [4.69, 9.17) is 42.6 Å². The smallest absolute Gasteiger partial charge is 0.366 e. The number of methoxy groups -OCH3 is 2. The third-order valence-electron chi connectivity index (χ3n) is 14.2. The number of allylic oxidation sites excluding steroid dienone is 1. The summed E-state index contributed by atoms with van der Waals surface area (Å²) in [6.45, 7) is 6.71. The third kappa shape index (κ3) is 3.56. The third-order valence-corrected chi connectivity index (χ3v) is 14.2. The SMILES string of the molecule is CC=C(C)C(=O)OC1CC(OC(C)=O)[C@@]2(C(=O)OC)COC3C2[C@@]1(C)C1[C@@]2(C(=O)OC)OC[C@]1(C3O)[C@]1(O)C3CC([C@@]4(O)C=COC4O3)[C@]1(C)O2. The molecule has 51 heavy (non-hydrogen) atoms. The topological polar surface area (TPSA) is 212 Å². The van der Waals surface area contributed by atoms with Crippen LogP contribution in [-0.4, -0.2) is 126 Å². The molecule has 0 aromatic rings. The molecule has 16 atom stereocenters. The van der Waals surface area contributed by atoms with E-state index in [1.165, 1.54) is 33.3 Å². The summed E-state index contributed by atoms with van der Waals surface area (Å²) in [5, 5.41) is 38.5. The van der Waals surface area contributed by atoms with Crippen LogP contribution in [0.4, 0.5) is 0 Å². The second kappa shape index (κ2) is 10.5. The van der Waals surface area contributed by atoms with E-state index in [1.807, 2.05) is 0 Å². The largest absolute Gasteiger partial charge is 0.469 e. The number of fused-ring (bicyclic) bond motifs is 7.